The molecule has 122 valence electrons. The summed E-state index contributed by atoms with van der Waals surface area (Å²) in [5.74, 6) is -0.282. The minimum absolute atomic E-state index is 0.0716. The normalized spacial score (nSPS) is 11.5. The van der Waals surface area contributed by atoms with Crippen molar-refractivity contribution in [2.45, 2.75) is 4.90 Å². The van der Waals surface area contributed by atoms with Gasteiger partial charge in [0.05, 0.1) is 12.0 Å². The van der Waals surface area contributed by atoms with Crippen LogP contribution in [0, 0.1) is 0 Å². The second-order valence-electron chi connectivity index (χ2n) is 4.59. The van der Waals surface area contributed by atoms with E-state index in [1.807, 2.05) is 6.07 Å². The van der Waals surface area contributed by atoms with E-state index in [1.165, 1.54) is 38.4 Å². The lowest BCUT2D eigenvalue weighted by atomic mass is 10.2. The first-order valence-electron chi connectivity index (χ1n) is 6.54. The number of carbonyl (C=O) groups is 1. The van der Waals surface area contributed by atoms with Crippen molar-refractivity contribution in [3.05, 3.63) is 58.6 Å². The SMILES string of the molecule is CON(C)S(=O)(=O)c1ccc(NC(=O)c2cccc(Br)c2)cc1. The zero-order valence-electron chi connectivity index (χ0n) is 12.5. The second-order valence-corrected chi connectivity index (χ2v) is 7.44. The molecule has 0 aliphatic carbocycles. The van der Waals surface area contributed by atoms with Gasteiger partial charge in [0.2, 0.25) is 0 Å². The lowest BCUT2D eigenvalue weighted by Gasteiger charge is -2.14. The highest BCUT2D eigenvalue weighted by Crippen LogP contribution is 2.18. The van der Waals surface area contributed by atoms with E-state index in [2.05, 4.69) is 21.2 Å². The Morgan fingerprint density at radius 1 is 1.17 bits per heavy atom. The van der Waals surface area contributed by atoms with E-state index < -0.39 is 10.0 Å². The lowest BCUT2D eigenvalue weighted by Crippen LogP contribution is -2.25. The highest BCUT2D eigenvalue weighted by Gasteiger charge is 2.20. The molecule has 8 heteroatoms. The van der Waals surface area contributed by atoms with Gasteiger partial charge in [-0.25, -0.2) is 8.42 Å². The van der Waals surface area contributed by atoms with E-state index in [0.29, 0.717) is 11.3 Å². The largest absolute Gasteiger partial charge is 0.322 e. The second kappa shape index (κ2) is 7.22. The molecule has 1 N–H and O–H groups in total. The van der Waals surface area contributed by atoms with Crippen molar-refractivity contribution in [1.29, 1.82) is 0 Å². The summed E-state index contributed by atoms with van der Waals surface area (Å²) in [6.07, 6.45) is 0. The summed E-state index contributed by atoms with van der Waals surface area (Å²) < 4.78 is 25.7. The Morgan fingerprint density at radius 2 is 1.83 bits per heavy atom. The van der Waals surface area contributed by atoms with Crippen molar-refractivity contribution in [1.82, 2.24) is 4.47 Å². The van der Waals surface area contributed by atoms with Crippen molar-refractivity contribution in [2.75, 3.05) is 19.5 Å². The lowest BCUT2D eigenvalue weighted by molar-refractivity contribution is -0.0258. The number of benzene rings is 2. The van der Waals surface area contributed by atoms with Gasteiger partial charge in [0.1, 0.15) is 0 Å². The molecule has 0 saturated carbocycles. The number of rotatable bonds is 5. The maximum absolute atomic E-state index is 12.1. The Kier molecular flexibility index (Phi) is 5.53. The molecule has 2 rings (SSSR count). The van der Waals surface area contributed by atoms with Gasteiger partial charge in [-0.2, -0.15) is 0 Å². The van der Waals surface area contributed by atoms with Gasteiger partial charge in [-0.1, -0.05) is 26.5 Å². The van der Waals surface area contributed by atoms with Crippen LogP contribution in [-0.4, -0.2) is 33.0 Å². The standard InChI is InChI=1S/C15H15BrN2O4S/c1-18(22-2)23(20,21)14-8-6-13(7-9-14)17-15(19)11-4-3-5-12(16)10-11/h3-10H,1-2H3,(H,17,19). The summed E-state index contributed by atoms with van der Waals surface area (Å²) in [6, 6.07) is 12.8. The Balaban J connectivity index is 2.16. The fourth-order valence-corrected chi connectivity index (χ4v) is 3.16. The number of hydroxylamine groups is 1. The summed E-state index contributed by atoms with van der Waals surface area (Å²) in [5.41, 5.74) is 0.990. The summed E-state index contributed by atoms with van der Waals surface area (Å²) >= 11 is 3.30. The smallest absolute Gasteiger partial charge is 0.264 e. The molecule has 0 aromatic heterocycles. The van der Waals surface area contributed by atoms with Crippen LogP contribution in [0.1, 0.15) is 10.4 Å². The Bertz CT molecular complexity index is 806. The molecule has 2 aromatic carbocycles. The monoisotopic (exact) mass is 398 g/mol. The van der Waals surface area contributed by atoms with Gasteiger partial charge < -0.3 is 5.32 Å². The highest BCUT2D eigenvalue weighted by molar-refractivity contribution is 9.10. The molecule has 23 heavy (non-hydrogen) atoms. The van der Waals surface area contributed by atoms with E-state index in [4.69, 9.17) is 4.84 Å². The average molecular weight is 399 g/mol. The molecule has 0 radical (unpaired) electrons. The van der Waals surface area contributed by atoms with Gasteiger partial charge in [0, 0.05) is 22.8 Å². The van der Waals surface area contributed by atoms with Gasteiger partial charge in [-0.05, 0) is 42.5 Å². The number of nitrogens with one attached hydrogen (secondary N) is 1. The van der Waals surface area contributed by atoms with Gasteiger partial charge in [-0.3, -0.25) is 9.63 Å². The number of anilines is 1. The first-order valence-corrected chi connectivity index (χ1v) is 8.78. The van der Waals surface area contributed by atoms with Crippen molar-refractivity contribution in [3.63, 3.8) is 0 Å². The maximum atomic E-state index is 12.1. The highest BCUT2D eigenvalue weighted by atomic mass is 79.9. The van der Waals surface area contributed by atoms with E-state index in [-0.39, 0.29) is 10.8 Å². The third-order valence-corrected chi connectivity index (χ3v) is 5.28. The fraction of sp³-hybridized carbons (Fsp3) is 0.133. The summed E-state index contributed by atoms with van der Waals surface area (Å²) in [5, 5.41) is 2.71. The van der Waals surface area contributed by atoms with E-state index in [9.17, 15) is 13.2 Å². The van der Waals surface area contributed by atoms with Crippen LogP contribution in [-0.2, 0) is 14.9 Å². The minimum Gasteiger partial charge on any atom is -0.322 e. The topological polar surface area (TPSA) is 75.7 Å². The van der Waals surface area contributed by atoms with Crippen LogP contribution in [0.5, 0.6) is 0 Å². The van der Waals surface area contributed by atoms with Crippen LogP contribution in [0.2, 0.25) is 0 Å². The Labute approximate surface area is 143 Å². The summed E-state index contributed by atoms with van der Waals surface area (Å²) in [4.78, 5) is 16.9. The number of nitrogens with zero attached hydrogens (tertiary/aromatic N) is 1. The molecule has 0 atom stereocenters. The first kappa shape index (κ1) is 17.6. The van der Waals surface area contributed by atoms with Gasteiger partial charge in [-0.15, -0.1) is 0 Å². The van der Waals surface area contributed by atoms with Crippen LogP contribution >= 0.6 is 15.9 Å². The van der Waals surface area contributed by atoms with Gasteiger partial charge >= 0.3 is 0 Å². The van der Waals surface area contributed by atoms with Crippen molar-refractivity contribution in [2.24, 2.45) is 0 Å². The predicted molar refractivity (Wildman–Crippen MR) is 90.5 cm³/mol. The van der Waals surface area contributed by atoms with Gasteiger partial charge in [0.15, 0.2) is 0 Å². The number of amides is 1. The molecule has 0 aliphatic rings. The quantitative estimate of drug-likeness (QED) is 0.785. The number of hydrogen-bond acceptors (Lipinski definition) is 4. The minimum atomic E-state index is -3.70. The zero-order chi connectivity index (χ0) is 17.0. The molecule has 0 saturated heterocycles. The number of hydrogen-bond donors (Lipinski definition) is 1. The first-order chi connectivity index (χ1) is 10.8. The molecule has 0 bridgehead atoms. The molecule has 1 amide bonds. The molecule has 2 aromatic rings. The number of carbonyl (C=O) groups excluding carboxylic acids is 1. The Hall–Kier alpha value is -1.74. The molecule has 0 aliphatic heterocycles. The fourth-order valence-electron chi connectivity index (χ4n) is 1.79. The van der Waals surface area contributed by atoms with Crippen LogP contribution in [0.4, 0.5) is 5.69 Å². The van der Waals surface area contributed by atoms with E-state index >= 15 is 0 Å². The van der Waals surface area contributed by atoms with Crippen LogP contribution in [0.15, 0.2) is 57.9 Å². The van der Waals surface area contributed by atoms with Crippen molar-refractivity contribution >= 4 is 37.5 Å². The van der Waals surface area contributed by atoms with Crippen LogP contribution < -0.4 is 5.32 Å². The molecular formula is C15H15BrN2O4S. The molecule has 0 fully saturated rings. The molecular weight excluding hydrogens is 384 g/mol. The molecule has 0 unspecified atom stereocenters. The zero-order valence-corrected chi connectivity index (χ0v) is 14.9. The summed E-state index contributed by atoms with van der Waals surface area (Å²) in [7, 11) is -1.13. The molecule has 0 spiro atoms. The number of halogens is 1. The third-order valence-electron chi connectivity index (χ3n) is 3.09. The summed E-state index contributed by atoms with van der Waals surface area (Å²) in [6.45, 7) is 0. The van der Waals surface area contributed by atoms with Crippen LogP contribution in [0.3, 0.4) is 0 Å². The predicted octanol–water partition coefficient (Wildman–Crippen LogP) is 2.88. The Morgan fingerprint density at radius 3 is 2.39 bits per heavy atom. The van der Waals surface area contributed by atoms with Gasteiger partial charge in [0.25, 0.3) is 15.9 Å². The molecule has 0 heterocycles. The van der Waals surface area contributed by atoms with Crippen molar-refractivity contribution < 1.29 is 18.0 Å². The van der Waals surface area contributed by atoms with Crippen LogP contribution in [0.25, 0.3) is 0 Å². The number of sulfonamides is 1. The van der Waals surface area contributed by atoms with Crippen molar-refractivity contribution in [3.8, 4) is 0 Å². The van der Waals surface area contributed by atoms with E-state index in [1.54, 1.807) is 18.2 Å². The third kappa shape index (κ3) is 4.17. The molecule has 6 nitrogen and oxygen atoms in total. The van der Waals surface area contributed by atoms with E-state index in [0.717, 1.165) is 8.94 Å². The maximum Gasteiger partial charge on any atom is 0.264 e. The average Bonchev–Trinajstić information content (AvgIpc) is 2.54.